The van der Waals surface area contributed by atoms with Crippen LogP contribution in [-0.2, 0) is 9.53 Å². The minimum Gasteiger partial charge on any atom is -0.465 e. The molecule has 0 bridgehead atoms. The van der Waals surface area contributed by atoms with Crippen molar-refractivity contribution in [1.29, 1.82) is 0 Å². The summed E-state index contributed by atoms with van der Waals surface area (Å²) in [5, 5.41) is 0. The van der Waals surface area contributed by atoms with Crippen molar-refractivity contribution in [3.8, 4) is 0 Å². The molecule has 2 N–H and O–H groups in total. The van der Waals surface area contributed by atoms with Gasteiger partial charge in [-0.2, -0.15) is 0 Å². The van der Waals surface area contributed by atoms with Crippen LogP contribution in [0.3, 0.4) is 0 Å². The van der Waals surface area contributed by atoms with Gasteiger partial charge in [0, 0.05) is 0 Å². The first-order valence-corrected chi connectivity index (χ1v) is 5.96. The number of esters is 1. The molecule has 3 atom stereocenters. The van der Waals surface area contributed by atoms with Crippen LogP contribution < -0.4 is 5.73 Å². The molecule has 3 heteroatoms. The van der Waals surface area contributed by atoms with Crippen LogP contribution >= 0.6 is 0 Å². The summed E-state index contributed by atoms with van der Waals surface area (Å²) in [4.78, 5) is 11.5. The summed E-state index contributed by atoms with van der Waals surface area (Å²) in [6.45, 7) is 6.71. The van der Waals surface area contributed by atoms with Crippen LogP contribution in [-0.4, -0.2) is 18.6 Å². The van der Waals surface area contributed by atoms with Gasteiger partial charge in [-0.05, 0) is 43.9 Å². The lowest BCUT2D eigenvalue weighted by Crippen LogP contribution is -2.42. The number of carbonyl (C=O) groups is 1. The van der Waals surface area contributed by atoms with Crippen LogP contribution in [0.5, 0.6) is 0 Å². The molecule has 1 aliphatic rings. The minimum atomic E-state index is -0.421. The van der Waals surface area contributed by atoms with E-state index in [2.05, 4.69) is 13.8 Å². The molecule has 1 aliphatic carbocycles. The molecule has 0 saturated heterocycles. The van der Waals surface area contributed by atoms with Crippen molar-refractivity contribution in [1.82, 2.24) is 0 Å². The zero-order valence-corrected chi connectivity index (χ0v) is 10.0. The van der Waals surface area contributed by atoms with E-state index >= 15 is 0 Å². The maximum Gasteiger partial charge on any atom is 0.323 e. The summed E-state index contributed by atoms with van der Waals surface area (Å²) >= 11 is 0. The van der Waals surface area contributed by atoms with Crippen molar-refractivity contribution in [3.05, 3.63) is 0 Å². The average molecular weight is 213 g/mol. The number of rotatable bonds is 3. The van der Waals surface area contributed by atoms with Crippen molar-refractivity contribution in [2.24, 2.45) is 23.5 Å². The standard InChI is InChI=1S/C12H23NO2/c1-4-15-12(14)11(13)10-6-8(2)5-9(3)7-10/h8-11H,4-7,13H2,1-3H3. The van der Waals surface area contributed by atoms with Crippen molar-refractivity contribution >= 4 is 5.97 Å². The zero-order chi connectivity index (χ0) is 11.4. The second-order valence-corrected chi connectivity index (χ2v) is 4.96. The van der Waals surface area contributed by atoms with Gasteiger partial charge in [-0.3, -0.25) is 4.79 Å². The molecule has 0 aromatic carbocycles. The summed E-state index contributed by atoms with van der Waals surface area (Å²) in [6, 6.07) is -0.421. The van der Waals surface area contributed by atoms with Crippen LogP contribution in [0.15, 0.2) is 0 Å². The van der Waals surface area contributed by atoms with Crippen LogP contribution in [0.25, 0.3) is 0 Å². The van der Waals surface area contributed by atoms with Gasteiger partial charge < -0.3 is 10.5 Å². The normalized spacial score (nSPS) is 33.5. The highest BCUT2D eigenvalue weighted by atomic mass is 16.5. The molecule has 3 nitrogen and oxygen atoms in total. The van der Waals surface area contributed by atoms with E-state index in [1.165, 1.54) is 6.42 Å². The van der Waals surface area contributed by atoms with Gasteiger partial charge in [0.15, 0.2) is 0 Å². The highest BCUT2D eigenvalue weighted by Crippen LogP contribution is 2.34. The van der Waals surface area contributed by atoms with E-state index < -0.39 is 6.04 Å². The maximum absolute atomic E-state index is 11.5. The first kappa shape index (κ1) is 12.5. The Morgan fingerprint density at radius 2 is 1.87 bits per heavy atom. The van der Waals surface area contributed by atoms with Crippen LogP contribution in [0.2, 0.25) is 0 Å². The quantitative estimate of drug-likeness (QED) is 0.729. The lowest BCUT2D eigenvalue weighted by molar-refractivity contribution is -0.146. The summed E-state index contributed by atoms with van der Waals surface area (Å²) < 4.78 is 4.96. The van der Waals surface area contributed by atoms with Crippen LogP contribution in [0.1, 0.15) is 40.0 Å². The topological polar surface area (TPSA) is 52.3 Å². The summed E-state index contributed by atoms with van der Waals surface area (Å²) in [5.74, 6) is 1.44. The molecule has 88 valence electrons. The van der Waals surface area contributed by atoms with Gasteiger partial charge in [-0.25, -0.2) is 0 Å². The largest absolute Gasteiger partial charge is 0.465 e. The van der Waals surface area contributed by atoms with E-state index in [1.54, 1.807) is 0 Å². The molecule has 3 unspecified atom stereocenters. The van der Waals surface area contributed by atoms with Crippen molar-refractivity contribution in [3.63, 3.8) is 0 Å². The Kier molecular flexibility index (Phi) is 4.58. The first-order chi connectivity index (χ1) is 7.04. The SMILES string of the molecule is CCOC(=O)C(N)C1CC(C)CC(C)C1. The van der Waals surface area contributed by atoms with E-state index in [9.17, 15) is 4.79 Å². The fourth-order valence-corrected chi connectivity index (χ4v) is 2.73. The van der Waals surface area contributed by atoms with Gasteiger partial charge in [0.2, 0.25) is 0 Å². The fraction of sp³-hybridized carbons (Fsp3) is 0.917. The van der Waals surface area contributed by atoms with E-state index in [4.69, 9.17) is 10.5 Å². The van der Waals surface area contributed by atoms with Crippen LogP contribution in [0, 0.1) is 17.8 Å². The van der Waals surface area contributed by atoms with Crippen LogP contribution in [0.4, 0.5) is 0 Å². The molecule has 0 aromatic rings. The number of nitrogens with two attached hydrogens (primary N) is 1. The Balaban J connectivity index is 2.51. The Bertz CT molecular complexity index is 208. The van der Waals surface area contributed by atoms with Gasteiger partial charge in [0.25, 0.3) is 0 Å². The summed E-state index contributed by atoms with van der Waals surface area (Å²) in [7, 11) is 0. The third-order valence-corrected chi connectivity index (χ3v) is 3.28. The van der Waals surface area contributed by atoms with E-state index in [0.29, 0.717) is 24.4 Å². The zero-order valence-electron chi connectivity index (χ0n) is 10.0. The Hall–Kier alpha value is -0.570. The van der Waals surface area contributed by atoms with Gasteiger partial charge >= 0.3 is 5.97 Å². The van der Waals surface area contributed by atoms with Gasteiger partial charge in [-0.15, -0.1) is 0 Å². The number of ether oxygens (including phenoxy) is 1. The van der Waals surface area contributed by atoms with Gasteiger partial charge in [0.05, 0.1) is 6.61 Å². The number of hydrogen-bond acceptors (Lipinski definition) is 3. The number of carbonyl (C=O) groups excluding carboxylic acids is 1. The third kappa shape index (κ3) is 3.49. The van der Waals surface area contributed by atoms with Gasteiger partial charge in [-0.1, -0.05) is 13.8 Å². The predicted octanol–water partition coefficient (Wildman–Crippen LogP) is 1.95. The summed E-state index contributed by atoms with van der Waals surface area (Å²) in [5.41, 5.74) is 5.93. The highest BCUT2D eigenvalue weighted by Gasteiger charge is 2.32. The molecule has 1 fully saturated rings. The van der Waals surface area contributed by atoms with Crippen molar-refractivity contribution in [2.45, 2.75) is 46.1 Å². The first-order valence-electron chi connectivity index (χ1n) is 5.96. The van der Waals surface area contributed by atoms with Gasteiger partial charge in [0.1, 0.15) is 6.04 Å². The monoisotopic (exact) mass is 213 g/mol. The van der Waals surface area contributed by atoms with Crippen molar-refractivity contribution < 1.29 is 9.53 Å². The average Bonchev–Trinajstić information content (AvgIpc) is 2.15. The Morgan fingerprint density at radius 1 is 1.33 bits per heavy atom. The molecule has 1 saturated carbocycles. The second-order valence-electron chi connectivity index (χ2n) is 4.96. The lowest BCUT2D eigenvalue weighted by Gasteiger charge is -2.33. The Labute approximate surface area is 92.4 Å². The molecule has 15 heavy (non-hydrogen) atoms. The smallest absolute Gasteiger partial charge is 0.323 e. The minimum absolute atomic E-state index is 0.233. The second kappa shape index (κ2) is 5.50. The molecule has 0 aromatic heterocycles. The Morgan fingerprint density at radius 3 is 2.33 bits per heavy atom. The number of hydrogen-bond donors (Lipinski definition) is 1. The molecule has 0 radical (unpaired) electrons. The molecular weight excluding hydrogens is 190 g/mol. The molecule has 0 heterocycles. The van der Waals surface area contributed by atoms with E-state index in [0.717, 1.165) is 12.8 Å². The third-order valence-electron chi connectivity index (χ3n) is 3.28. The molecule has 0 amide bonds. The lowest BCUT2D eigenvalue weighted by atomic mass is 9.74. The summed E-state index contributed by atoms with van der Waals surface area (Å²) in [6.07, 6.45) is 3.38. The fourth-order valence-electron chi connectivity index (χ4n) is 2.73. The molecular formula is C12H23NO2. The molecule has 0 spiro atoms. The van der Waals surface area contributed by atoms with E-state index in [-0.39, 0.29) is 5.97 Å². The molecule has 0 aliphatic heterocycles. The maximum atomic E-state index is 11.5. The van der Waals surface area contributed by atoms with Crippen molar-refractivity contribution in [2.75, 3.05) is 6.61 Å². The molecule has 1 rings (SSSR count). The van der Waals surface area contributed by atoms with E-state index in [1.807, 2.05) is 6.92 Å². The predicted molar refractivity (Wildman–Crippen MR) is 60.3 cm³/mol. The highest BCUT2D eigenvalue weighted by molar-refractivity contribution is 5.75.